The fourth-order valence-electron chi connectivity index (χ4n) is 3.99. The number of aromatic hydroxyl groups is 1. The second-order valence-corrected chi connectivity index (χ2v) is 7.99. The molecule has 2 aromatic carbocycles. The third-order valence-electron chi connectivity index (χ3n) is 5.81. The number of ether oxygens (including phenoxy) is 6. The maximum Gasteiger partial charge on any atom is 0.231 e. The molecule has 1 saturated heterocycles. The summed E-state index contributed by atoms with van der Waals surface area (Å²) < 4.78 is 32.6. The Hall–Kier alpha value is -2.96. The molecule has 0 aromatic heterocycles. The number of phenolic OH excluding ortho intramolecular Hbond substituents is 1. The van der Waals surface area contributed by atoms with Crippen molar-refractivity contribution < 1.29 is 54.0 Å². The third kappa shape index (κ3) is 4.65. The molecule has 2 heterocycles. The Balaban J connectivity index is 1.54. The summed E-state index contributed by atoms with van der Waals surface area (Å²) in [5, 5.41) is 50.1. The molecule has 2 aliphatic heterocycles. The van der Waals surface area contributed by atoms with E-state index in [1.807, 2.05) is 12.1 Å². The first-order valence-electron chi connectivity index (χ1n) is 10.7. The van der Waals surface area contributed by atoms with Crippen molar-refractivity contribution in [3.8, 4) is 34.5 Å². The first-order chi connectivity index (χ1) is 16.4. The van der Waals surface area contributed by atoms with Crippen LogP contribution in [-0.2, 0) is 17.6 Å². The van der Waals surface area contributed by atoms with Crippen LogP contribution in [0.5, 0.6) is 34.5 Å². The summed E-state index contributed by atoms with van der Waals surface area (Å²) in [6.45, 7) is -0.466. The van der Waals surface area contributed by atoms with Gasteiger partial charge in [-0.2, -0.15) is 0 Å². The molecule has 1 fully saturated rings. The molecule has 11 nitrogen and oxygen atoms in total. The average Bonchev–Trinajstić information content (AvgIpc) is 3.31. The summed E-state index contributed by atoms with van der Waals surface area (Å²) in [6.07, 6.45) is -6.21. The Labute approximate surface area is 195 Å². The van der Waals surface area contributed by atoms with E-state index in [0.29, 0.717) is 35.7 Å². The smallest absolute Gasteiger partial charge is 0.231 e. The van der Waals surface area contributed by atoms with Gasteiger partial charge in [-0.3, -0.25) is 0 Å². The number of hydrogen-bond acceptors (Lipinski definition) is 11. The van der Waals surface area contributed by atoms with Crippen molar-refractivity contribution in [2.75, 3.05) is 27.6 Å². The van der Waals surface area contributed by atoms with Crippen molar-refractivity contribution in [1.29, 1.82) is 0 Å². The minimum absolute atomic E-state index is 0.00505. The van der Waals surface area contributed by atoms with E-state index in [2.05, 4.69) is 0 Å². The number of phenols is 1. The Morgan fingerprint density at radius 1 is 0.882 bits per heavy atom. The van der Waals surface area contributed by atoms with Gasteiger partial charge in [0.25, 0.3) is 0 Å². The number of benzene rings is 2. The zero-order valence-electron chi connectivity index (χ0n) is 18.7. The standard InChI is InChI=1S/C23H28O11/c1-29-14-6-12(7-15-22(14)32-10-31-15)4-3-11-5-13(25)21(30-2)16(8-11)33-23-20(28)19(27)18(26)17(9-24)34-23/h5-8,17-20,23-28H,3-4,9-10H2,1-2H3/t17-,18-,19+,20-,23-/m1/s1. The molecule has 5 atom stereocenters. The highest BCUT2D eigenvalue weighted by Crippen LogP contribution is 2.43. The minimum Gasteiger partial charge on any atom is -0.504 e. The van der Waals surface area contributed by atoms with E-state index in [4.69, 9.17) is 28.4 Å². The number of methoxy groups -OCH3 is 2. The molecular weight excluding hydrogens is 452 g/mol. The SMILES string of the molecule is COc1cc(CCc2cc(O)c(OC)c(O[C@@H]3O[C@H](CO)[C@@H](O)[C@H](O)[C@H]3O)c2)cc2c1OCO2. The lowest BCUT2D eigenvalue weighted by Crippen LogP contribution is -2.60. The van der Waals surface area contributed by atoms with Crippen LogP contribution in [0, 0.1) is 0 Å². The summed E-state index contributed by atoms with van der Waals surface area (Å²) in [6, 6.07) is 6.86. The summed E-state index contributed by atoms with van der Waals surface area (Å²) in [7, 11) is 2.89. The van der Waals surface area contributed by atoms with Gasteiger partial charge in [-0.1, -0.05) is 0 Å². The first kappa shape index (κ1) is 24.2. The van der Waals surface area contributed by atoms with Crippen molar-refractivity contribution in [3.05, 3.63) is 35.4 Å². The fourth-order valence-corrected chi connectivity index (χ4v) is 3.99. The second kappa shape index (κ2) is 10.1. The minimum atomic E-state index is -1.60. The number of aliphatic hydroxyl groups excluding tert-OH is 4. The number of rotatable bonds is 8. The lowest BCUT2D eigenvalue weighted by Gasteiger charge is -2.39. The summed E-state index contributed by atoms with van der Waals surface area (Å²) >= 11 is 0. The van der Waals surface area contributed by atoms with Gasteiger partial charge in [0.05, 0.1) is 20.8 Å². The van der Waals surface area contributed by atoms with Crippen LogP contribution in [-0.4, -0.2) is 83.9 Å². The quantitative estimate of drug-likeness (QED) is 0.349. The topological polar surface area (TPSA) is 157 Å². The summed E-state index contributed by atoms with van der Waals surface area (Å²) in [5.41, 5.74) is 1.61. The van der Waals surface area contributed by atoms with Gasteiger partial charge < -0.3 is 54.0 Å². The van der Waals surface area contributed by atoms with Gasteiger partial charge in [0.1, 0.15) is 24.4 Å². The van der Waals surface area contributed by atoms with Crippen molar-refractivity contribution >= 4 is 0 Å². The zero-order chi connectivity index (χ0) is 24.4. The molecule has 186 valence electrons. The van der Waals surface area contributed by atoms with E-state index >= 15 is 0 Å². The molecule has 34 heavy (non-hydrogen) atoms. The van der Waals surface area contributed by atoms with E-state index in [1.165, 1.54) is 13.2 Å². The van der Waals surface area contributed by atoms with Gasteiger partial charge in [-0.05, 0) is 48.2 Å². The maximum absolute atomic E-state index is 10.5. The van der Waals surface area contributed by atoms with Crippen LogP contribution in [0.15, 0.2) is 24.3 Å². The first-order valence-corrected chi connectivity index (χ1v) is 10.7. The third-order valence-corrected chi connectivity index (χ3v) is 5.81. The molecule has 2 aliphatic rings. The molecule has 0 spiro atoms. The molecule has 0 bridgehead atoms. The predicted molar refractivity (Wildman–Crippen MR) is 116 cm³/mol. The van der Waals surface area contributed by atoms with Crippen LogP contribution < -0.4 is 23.7 Å². The Morgan fingerprint density at radius 2 is 1.59 bits per heavy atom. The molecular formula is C23H28O11. The Bertz CT molecular complexity index is 1010. The molecule has 0 radical (unpaired) electrons. The highest BCUT2D eigenvalue weighted by atomic mass is 16.7. The molecule has 4 rings (SSSR count). The van der Waals surface area contributed by atoms with Crippen molar-refractivity contribution in [1.82, 2.24) is 0 Å². The van der Waals surface area contributed by atoms with Crippen LogP contribution in [0.2, 0.25) is 0 Å². The molecule has 11 heteroatoms. The predicted octanol–water partition coefficient (Wildman–Crippen LogP) is 0.102. The fraction of sp³-hybridized carbons (Fsp3) is 0.478. The van der Waals surface area contributed by atoms with Crippen molar-refractivity contribution in [3.63, 3.8) is 0 Å². The van der Waals surface area contributed by atoms with Gasteiger partial charge >= 0.3 is 0 Å². The average molecular weight is 480 g/mol. The van der Waals surface area contributed by atoms with Gasteiger partial charge in [-0.15, -0.1) is 0 Å². The van der Waals surface area contributed by atoms with E-state index < -0.39 is 37.3 Å². The molecule has 0 unspecified atom stereocenters. The van der Waals surface area contributed by atoms with Crippen LogP contribution in [0.1, 0.15) is 11.1 Å². The monoisotopic (exact) mass is 480 g/mol. The van der Waals surface area contributed by atoms with Crippen LogP contribution >= 0.6 is 0 Å². The Morgan fingerprint density at radius 3 is 2.26 bits per heavy atom. The summed E-state index contributed by atoms with van der Waals surface area (Å²) in [5.74, 6) is 1.59. The van der Waals surface area contributed by atoms with Crippen molar-refractivity contribution in [2.24, 2.45) is 0 Å². The molecule has 2 aromatic rings. The maximum atomic E-state index is 10.5. The summed E-state index contributed by atoms with van der Waals surface area (Å²) in [4.78, 5) is 0. The van der Waals surface area contributed by atoms with Crippen LogP contribution in [0.4, 0.5) is 0 Å². The lowest BCUT2D eigenvalue weighted by molar-refractivity contribution is -0.277. The van der Waals surface area contributed by atoms with E-state index in [-0.39, 0.29) is 24.0 Å². The van der Waals surface area contributed by atoms with Crippen LogP contribution in [0.3, 0.4) is 0 Å². The highest BCUT2D eigenvalue weighted by Gasteiger charge is 2.45. The van der Waals surface area contributed by atoms with Gasteiger partial charge in [0.15, 0.2) is 23.0 Å². The molecule has 0 amide bonds. The van der Waals surface area contributed by atoms with E-state index in [0.717, 1.165) is 5.56 Å². The normalized spacial score (nSPS) is 25.8. The van der Waals surface area contributed by atoms with E-state index in [9.17, 15) is 25.5 Å². The van der Waals surface area contributed by atoms with Crippen molar-refractivity contribution in [2.45, 2.75) is 43.5 Å². The molecule has 5 N–H and O–H groups in total. The molecule has 0 saturated carbocycles. The van der Waals surface area contributed by atoms with Gasteiger partial charge in [0, 0.05) is 0 Å². The second-order valence-electron chi connectivity index (χ2n) is 7.99. The van der Waals surface area contributed by atoms with E-state index in [1.54, 1.807) is 13.2 Å². The number of aliphatic hydroxyl groups is 4. The van der Waals surface area contributed by atoms with Gasteiger partial charge in [-0.25, -0.2) is 0 Å². The Kier molecular flexibility index (Phi) is 7.19. The highest BCUT2D eigenvalue weighted by molar-refractivity contribution is 5.56. The molecule has 0 aliphatic carbocycles. The zero-order valence-corrected chi connectivity index (χ0v) is 18.7. The largest absolute Gasteiger partial charge is 0.504 e. The lowest BCUT2D eigenvalue weighted by atomic mass is 9.99. The van der Waals surface area contributed by atoms with Gasteiger partial charge in [0.2, 0.25) is 24.6 Å². The number of aryl methyl sites for hydroxylation is 2. The van der Waals surface area contributed by atoms with Crippen LogP contribution in [0.25, 0.3) is 0 Å². The number of hydrogen-bond donors (Lipinski definition) is 5. The number of fused-ring (bicyclic) bond motifs is 1.